The maximum absolute atomic E-state index is 12.3. The van der Waals surface area contributed by atoms with Gasteiger partial charge in [0.1, 0.15) is 0 Å². The number of urea groups is 1. The summed E-state index contributed by atoms with van der Waals surface area (Å²) in [7, 11) is 1.60. The lowest BCUT2D eigenvalue weighted by Crippen LogP contribution is -2.50. The fourth-order valence-electron chi connectivity index (χ4n) is 2.60. The van der Waals surface area contributed by atoms with E-state index in [1.54, 1.807) is 12.0 Å². The van der Waals surface area contributed by atoms with Crippen LogP contribution in [-0.2, 0) is 14.3 Å². The number of amides is 2. The number of nitrogens with zero attached hydrogens (tertiary/aromatic N) is 1. The van der Waals surface area contributed by atoms with Gasteiger partial charge in [-0.15, -0.1) is 0 Å². The highest BCUT2D eigenvalue weighted by atomic mass is 16.5. The average molecular weight is 300 g/mol. The van der Waals surface area contributed by atoms with Crippen molar-refractivity contribution in [3.63, 3.8) is 0 Å². The lowest BCUT2D eigenvalue weighted by molar-refractivity contribution is -0.154. The first-order chi connectivity index (χ1) is 10.1. The molecule has 2 N–H and O–H groups in total. The summed E-state index contributed by atoms with van der Waals surface area (Å²) in [4.78, 5) is 25.6. The zero-order valence-corrected chi connectivity index (χ0v) is 12.5. The molecule has 0 spiro atoms. The van der Waals surface area contributed by atoms with Crippen molar-refractivity contribution in [2.75, 3.05) is 40.0 Å². The molecule has 21 heavy (non-hydrogen) atoms. The number of ether oxygens (including phenoxy) is 2. The summed E-state index contributed by atoms with van der Waals surface area (Å²) >= 11 is 0. The summed E-state index contributed by atoms with van der Waals surface area (Å²) in [5, 5.41) is 12.3. The van der Waals surface area contributed by atoms with E-state index in [4.69, 9.17) is 9.47 Å². The quantitative estimate of drug-likeness (QED) is 0.722. The smallest absolute Gasteiger partial charge is 0.317 e. The van der Waals surface area contributed by atoms with E-state index in [1.807, 2.05) is 0 Å². The highest BCUT2D eigenvalue weighted by molar-refractivity contribution is 5.78. The largest absolute Gasteiger partial charge is 0.481 e. The zero-order chi connectivity index (χ0) is 15.3. The van der Waals surface area contributed by atoms with Gasteiger partial charge >= 0.3 is 12.0 Å². The first-order valence-corrected chi connectivity index (χ1v) is 7.43. The normalized spacial score (nSPS) is 20.8. The van der Waals surface area contributed by atoms with Gasteiger partial charge in [0.15, 0.2) is 0 Å². The van der Waals surface area contributed by atoms with Crippen LogP contribution in [-0.4, -0.2) is 68.1 Å². The minimum atomic E-state index is -0.898. The van der Waals surface area contributed by atoms with Crippen LogP contribution in [0.3, 0.4) is 0 Å². The predicted molar refractivity (Wildman–Crippen MR) is 75.1 cm³/mol. The molecule has 2 rings (SSSR count). The van der Waals surface area contributed by atoms with Crippen molar-refractivity contribution in [1.82, 2.24) is 10.2 Å². The van der Waals surface area contributed by atoms with Crippen LogP contribution in [0.5, 0.6) is 0 Å². The molecular formula is C14H24N2O5. The molecule has 0 bridgehead atoms. The molecule has 2 aliphatic rings. The molecule has 1 aliphatic heterocycles. The Morgan fingerprint density at radius 3 is 2.57 bits per heavy atom. The highest BCUT2D eigenvalue weighted by Crippen LogP contribution is 2.31. The Morgan fingerprint density at radius 2 is 2.05 bits per heavy atom. The molecule has 7 heteroatoms. The van der Waals surface area contributed by atoms with Crippen molar-refractivity contribution in [3.05, 3.63) is 0 Å². The number of carboxylic acid groups (broad SMARTS) is 1. The summed E-state index contributed by atoms with van der Waals surface area (Å²) in [5.41, 5.74) is -0.898. The van der Waals surface area contributed by atoms with E-state index in [-0.39, 0.29) is 18.6 Å². The van der Waals surface area contributed by atoms with Gasteiger partial charge in [-0.05, 0) is 25.7 Å². The molecule has 1 saturated carbocycles. The SMILES string of the molecule is COCCN(C(=O)NCC1(C(=O)O)CCOCC1)C1CC1. The van der Waals surface area contributed by atoms with Gasteiger partial charge in [0.25, 0.3) is 0 Å². The molecular weight excluding hydrogens is 276 g/mol. The molecule has 1 heterocycles. The maximum Gasteiger partial charge on any atom is 0.317 e. The lowest BCUT2D eigenvalue weighted by Gasteiger charge is -2.34. The number of carboxylic acids is 1. The summed E-state index contributed by atoms with van der Waals surface area (Å²) in [6.45, 7) is 2.04. The monoisotopic (exact) mass is 300 g/mol. The minimum absolute atomic E-state index is 0.154. The van der Waals surface area contributed by atoms with Gasteiger partial charge in [0.2, 0.25) is 0 Å². The molecule has 7 nitrogen and oxygen atoms in total. The molecule has 0 aromatic heterocycles. The van der Waals surface area contributed by atoms with Gasteiger partial charge in [0, 0.05) is 39.5 Å². The van der Waals surface area contributed by atoms with Crippen LogP contribution < -0.4 is 5.32 Å². The minimum Gasteiger partial charge on any atom is -0.481 e. The first kappa shape index (κ1) is 16.0. The van der Waals surface area contributed by atoms with E-state index in [0.717, 1.165) is 12.8 Å². The van der Waals surface area contributed by atoms with Crippen LogP contribution in [0.15, 0.2) is 0 Å². The third-order valence-electron chi connectivity index (χ3n) is 4.27. The fourth-order valence-corrected chi connectivity index (χ4v) is 2.60. The summed E-state index contributed by atoms with van der Waals surface area (Å²) in [6, 6.07) is 0.0808. The van der Waals surface area contributed by atoms with Crippen molar-refractivity contribution < 1.29 is 24.2 Å². The van der Waals surface area contributed by atoms with Crippen molar-refractivity contribution in [2.45, 2.75) is 31.7 Å². The Labute approximate surface area is 124 Å². The Hall–Kier alpha value is -1.34. The van der Waals surface area contributed by atoms with Crippen molar-refractivity contribution in [2.24, 2.45) is 5.41 Å². The molecule has 120 valence electrons. The van der Waals surface area contributed by atoms with Crippen LogP contribution >= 0.6 is 0 Å². The Bertz CT molecular complexity index is 378. The van der Waals surface area contributed by atoms with E-state index in [2.05, 4.69) is 5.32 Å². The third-order valence-corrected chi connectivity index (χ3v) is 4.27. The first-order valence-electron chi connectivity index (χ1n) is 7.43. The van der Waals surface area contributed by atoms with E-state index in [1.165, 1.54) is 0 Å². The standard InChI is InChI=1S/C14H24N2O5/c1-20-9-6-16(11-2-3-11)13(19)15-10-14(12(17)18)4-7-21-8-5-14/h11H,2-10H2,1H3,(H,15,19)(H,17,18). The molecule has 0 aromatic carbocycles. The molecule has 1 aliphatic carbocycles. The fraction of sp³-hybridized carbons (Fsp3) is 0.857. The second kappa shape index (κ2) is 7.09. The maximum atomic E-state index is 12.3. The summed E-state index contributed by atoms with van der Waals surface area (Å²) in [5.74, 6) is -0.860. The third kappa shape index (κ3) is 4.07. The van der Waals surface area contributed by atoms with Crippen LogP contribution in [0, 0.1) is 5.41 Å². The van der Waals surface area contributed by atoms with Gasteiger partial charge in [0.05, 0.1) is 12.0 Å². The average Bonchev–Trinajstić information content (AvgIpc) is 3.31. The van der Waals surface area contributed by atoms with E-state index >= 15 is 0 Å². The molecule has 0 radical (unpaired) electrons. The summed E-state index contributed by atoms with van der Waals surface area (Å²) in [6.07, 6.45) is 2.89. The highest BCUT2D eigenvalue weighted by Gasteiger charge is 2.41. The Kier molecular flexibility index (Phi) is 5.41. The van der Waals surface area contributed by atoms with Gasteiger partial charge < -0.3 is 24.8 Å². The predicted octanol–water partition coefficient (Wildman–Crippen LogP) is 0.688. The molecule has 0 atom stereocenters. The number of carbonyl (C=O) groups excluding carboxylic acids is 1. The van der Waals surface area contributed by atoms with Crippen molar-refractivity contribution in [1.29, 1.82) is 0 Å². The second-order valence-electron chi connectivity index (χ2n) is 5.77. The van der Waals surface area contributed by atoms with Gasteiger partial charge in [-0.25, -0.2) is 4.79 Å². The van der Waals surface area contributed by atoms with Crippen molar-refractivity contribution >= 4 is 12.0 Å². The topological polar surface area (TPSA) is 88.1 Å². The van der Waals surface area contributed by atoms with Gasteiger partial charge in [-0.1, -0.05) is 0 Å². The number of hydrogen-bond acceptors (Lipinski definition) is 4. The van der Waals surface area contributed by atoms with E-state index < -0.39 is 11.4 Å². The lowest BCUT2D eigenvalue weighted by atomic mass is 9.80. The number of methoxy groups -OCH3 is 1. The second-order valence-corrected chi connectivity index (χ2v) is 5.77. The van der Waals surface area contributed by atoms with Gasteiger partial charge in [-0.2, -0.15) is 0 Å². The number of hydrogen-bond donors (Lipinski definition) is 2. The van der Waals surface area contributed by atoms with Gasteiger partial charge in [-0.3, -0.25) is 4.79 Å². The van der Waals surface area contributed by atoms with Crippen LogP contribution in [0.1, 0.15) is 25.7 Å². The van der Waals surface area contributed by atoms with Crippen LogP contribution in [0.4, 0.5) is 4.79 Å². The molecule has 0 unspecified atom stereocenters. The van der Waals surface area contributed by atoms with Crippen molar-refractivity contribution in [3.8, 4) is 0 Å². The Morgan fingerprint density at radius 1 is 1.38 bits per heavy atom. The number of carbonyl (C=O) groups is 2. The number of aliphatic carboxylic acids is 1. The molecule has 1 saturated heterocycles. The van der Waals surface area contributed by atoms with Crippen LogP contribution in [0.25, 0.3) is 0 Å². The molecule has 2 amide bonds. The molecule has 0 aromatic rings. The number of nitrogens with one attached hydrogen (secondary N) is 1. The van der Waals surface area contributed by atoms with Crippen LogP contribution in [0.2, 0.25) is 0 Å². The van der Waals surface area contributed by atoms with E-state index in [0.29, 0.717) is 39.2 Å². The number of rotatable bonds is 7. The van der Waals surface area contributed by atoms with E-state index in [9.17, 15) is 14.7 Å². The summed E-state index contributed by atoms with van der Waals surface area (Å²) < 4.78 is 10.2. The molecule has 2 fully saturated rings. The zero-order valence-electron chi connectivity index (χ0n) is 12.5. The Balaban J connectivity index is 1.89.